The molecule has 0 bridgehead atoms. The minimum atomic E-state index is -0.291. The summed E-state index contributed by atoms with van der Waals surface area (Å²) in [4.78, 5) is 32.9. The van der Waals surface area contributed by atoms with Crippen molar-refractivity contribution in [2.75, 3.05) is 6.54 Å². The largest absolute Gasteiger partial charge is 0.420 e. The quantitative estimate of drug-likeness (QED) is 0.395. The van der Waals surface area contributed by atoms with Crippen LogP contribution in [0.25, 0.3) is 11.5 Å². The van der Waals surface area contributed by atoms with Gasteiger partial charge in [0.15, 0.2) is 0 Å². The van der Waals surface area contributed by atoms with Crippen molar-refractivity contribution in [3.05, 3.63) is 86.0 Å². The lowest BCUT2D eigenvalue weighted by Gasteiger charge is -2.23. The predicted molar refractivity (Wildman–Crippen MR) is 133 cm³/mol. The number of aryl methyl sites for hydroxylation is 2. The van der Waals surface area contributed by atoms with Gasteiger partial charge in [-0.25, -0.2) is 4.98 Å². The van der Waals surface area contributed by atoms with Crippen LogP contribution in [0.2, 0.25) is 0 Å². The molecule has 3 aromatic heterocycles. The number of pyridine rings is 1. The molecule has 0 radical (unpaired) electrons. The Balaban J connectivity index is 1.42. The van der Waals surface area contributed by atoms with E-state index < -0.39 is 0 Å². The van der Waals surface area contributed by atoms with E-state index in [0.717, 1.165) is 30.0 Å². The van der Waals surface area contributed by atoms with E-state index in [1.54, 1.807) is 30.6 Å². The standard InChI is InChI=1S/C26H27N5O3S/c1-16(12-18-8-5-4-6-9-18)22-28-29-23(34-22)20-13-19(14-30(3)26(20)33)25(32)31-11-7-10-21(31)24-27-17(2)15-35-24/h4-6,8-9,13-16,21H,7,10-12H2,1-3H3/t16-,21+/m0/s1. The molecule has 0 spiro atoms. The van der Waals surface area contributed by atoms with Crippen LogP contribution in [-0.2, 0) is 13.5 Å². The van der Waals surface area contributed by atoms with Crippen LogP contribution >= 0.6 is 11.3 Å². The Kier molecular flexibility index (Phi) is 6.34. The Hall–Kier alpha value is -3.59. The minimum Gasteiger partial charge on any atom is -0.420 e. The molecule has 4 heterocycles. The monoisotopic (exact) mass is 489 g/mol. The van der Waals surface area contributed by atoms with Crippen molar-refractivity contribution in [1.82, 2.24) is 24.6 Å². The molecular formula is C26H27N5O3S. The highest BCUT2D eigenvalue weighted by Crippen LogP contribution is 2.35. The van der Waals surface area contributed by atoms with Gasteiger partial charge in [0, 0.05) is 36.8 Å². The predicted octanol–water partition coefficient (Wildman–Crippen LogP) is 4.52. The summed E-state index contributed by atoms with van der Waals surface area (Å²) in [7, 11) is 1.63. The highest BCUT2D eigenvalue weighted by Gasteiger charge is 2.33. The van der Waals surface area contributed by atoms with Crippen LogP contribution in [0.3, 0.4) is 0 Å². The molecule has 0 unspecified atom stereocenters. The molecule has 1 amide bonds. The zero-order valence-corrected chi connectivity index (χ0v) is 20.8. The summed E-state index contributed by atoms with van der Waals surface area (Å²) in [5, 5.41) is 11.3. The molecule has 0 N–H and O–H groups in total. The van der Waals surface area contributed by atoms with Crippen molar-refractivity contribution < 1.29 is 9.21 Å². The minimum absolute atomic E-state index is 0.0144. The van der Waals surface area contributed by atoms with Crippen LogP contribution in [0.4, 0.5) is 0 Å². The third kappa shape index (κ3) is 4.68. The maximum atomic E-state index is 13.5. The average molecular weight is 490 g/mol. The van der Waals surface area contributed by atoms with Crippen molar-refractivity contribution in [3.63, 3.8) is 0 Å². The fourth-order valence-corrected chi connectivity index (χ4v) is 5.48. The van der Waals surface area contributed by atoms with Crippen molar-refractivity contribution in [2.45, 2.75) is 45.1 Å². The first-order valence-corrected chi connectivity index (χ1v) is 12.6. The summed E-state index contributed by atoms with van der Waals surface area (Å²) in [5.41, 5.74) is 2.48. The summed E-state index contributed by atoms with van der Waals surface area (Å²) in [6, 6.07) is 11.6. The van der Waals surface area contributed by atoms with Crippen molar-refractivity contribution in [2.24, 2.45) is 7.05 Å². The van der Waals surface area contributed by atoms with E-state index in [-0.39, 0.29) is 34.9 Å². The van der Waals surface area contributed by atoms with Gasteiger partial charge in [-0.1, -0.05) is 37.3 Å². The second-order valence-electron chi connectivity index (χ2n) is 9.08. The second kappa shape index (κ2) is 9.58. The smallest absolute Gasteiger partial charge is 0.263 e. The van der Waals surface area contributed by atoms with E-state index in [0.29, 0.717) is 18.0 Å². The lowest BCUT2D eigenvalue weighted by molar-refractivity contribution is 0.0734. The van der Waals surface area contributed by atoms with Gasteiger partial charge in [0.2, 0.25) is 5.89 Å². The molecule has 1 aliphatic heterocycles. The Morgan fingerprint density at radius 3 is 2.80 bits per heavy atom. The molecule has 1 fully saturated rings. The van der Waals surface area contributed by atoms with Gasteiger partial charge >= 0.3 is 0 Å². The maximum absolute atomic E-state index is 13.5. The first-order valence-electron chi connectivity index (χ1n) is 11.7. The molecule has 2 atom stereocenters. The van der Waals surface area contributed by atoms with Gasteiger partial charge in [-0.15, -0.1) is 21.5 Å². The maximum Gasteiger partial charge on any atom is 0.263 e. The molecule has 4 aromatic rings. The van der Waals surface area contributed by atoms with Crippen LogP contribution in [0, 0.1) is 6.92 Å². The second-order valence-corrected chi connectivity index (χ2v) is 9.97. The topological polar surface area (TPSA) is 94.1 Å². The normalized spacial score (nSPS) is 16.5. The summed E-state index contributed by atoms with van der Waals surface area (Å²) in [5.74, 6) is 0.443. The van der Waals surface area contributed by atoms with E-state index >= 15 is 0 Å². The Morgan fingerprint density at radius 2 is 2.06 bits per heavy atom. The number of rotatable bonds is 6. The highest BCUT2D eigenvalue weighted by atomic mass is 32.1. The number of hydrogen-bond donors (Lipinski definition) is 0. The van der Waals surface area contributed by atoms with Crippen molar-refractivity contribution in [3.8, 4) is 11.5 Å². The fourth-order valence-electron chi connectivity index (χ4n) is 4.54. The fraction of sp³-hybridized carbons (Fsp3) is 0.346. The number of thiazole rings is 1. The summed E-state index contributed by atoms with van der Waals surface area (Å²) >= 11 is 1.58. The first-order chi connectivity index (χ1) is 16.9. The summed E-state index contributed by atoms with van der Waals surface area (Å²) in [6.07, 6.45) is 4.11. The van der Waals surface area contributed by atoms with E-state index in [2.05, 4.69) is 27.3 Å². The molecule has 8 nitrogen and oxygen atoms in total. The number of amides is 1. The van der Waals surface area contributed by atoms with Crippen LogP contribution in [0.15, 0.2) is 57.2 Å². The SMILES string of the molecule is Cc1csc([C@H]2CCCN2C(=O)c2cc(-c3nnc([C@@H](C)Cc4ccccc4)o3)c(=O)n(C)c2)n1. The molecular weight excluding hydrogens is 462 g/mol. The van der Waals surface area contributed by atoms with Gasteiger partial charge in [-0.3, -0.25) is 9.59 Å². The third-order valence-corrected chi connectivity index (χ3v) is 7.41. The number of likely N-dealkylation sites (tertiary alicyclic amines) is 1. The van der Waals surface area contributed by atoms with Crippen molar-refractivity contribution in [1.29, 1.82) is 0 Å². The number of carbonyl (C=O) groups excluding carboxylic acids is 1. The zero-order chi connectivity index (χ0) is 24.5. The third-order valence-electron chi connectivity index (χ3n) is 6.34. The van der Waals surface area contributed by atoms with E-state index in [4.69, 9.17) is 4.42 Å². The number of nitrogens with zero attached hydrogens (tertiary/aromatic N) is 5. The molecule has 35 heavy (non-hydrogen) atoms. The Labute approximate surface area is 207 Å². The van der Waals surface area contributed by atoms with E-state index in [1.807, 2.05) is 42.3 Å². The lowest BCUT2D eigenvalue weighted by atomic mass is 10.0. The highest BCUT2D eigenvalue weighted by molar-refractivity contribution is 7.09. The van der Waals surface area contributed by atoms with E-state index in [1.165, 1.54) is 10.1 Å². The summed E-state index contributed by atoms with van der Waals surface area (Å²) < 4.78 is 7.33. The average Bonchev–Trinajstić information content (AvgIpc) is 3.61. The number of aromatic nitrogens is 4. The molecule has 5 rings (SSSR count). The number of benzene rings is 1. The summed E-state index contributed by atoms with van der Waals surface area (Å²) in [6.45, 7) is 4.62. The molecule has 0 aliphatic carbocycles. The first kappa shape index (κ1) is 23.2. The zero-order valence-electron chi connectivity index (χ0n) is 20.0. The molecule has 1 saturated heterocycles. The molecule has 1 aliphatic rings. The van der Waals surface area contributed by atoms with Gasteiger partial charge in [-0.2, -0.15) is 0 Å². The van der Waals surface area contributed by atoms with Crippen LogP contribution in [0.1, 0.15) is 64.2 Å². The molecule has 9 heteroatoms. The van der Waals surface area contributed by atoms with Crippen molar-refractivity contribution >= 4 is 17.2 Å². The van der Waals surface area contributed by atoms with Crippen LogP contribution in [0.5, 0.6) is 0 Å². The van der Waals surface area contributed by atoms with Gasteiger partial charge in [-0.05, 0) is 37.8 Å². The van der Waals surface area contributed by atoms with Crippen LogP contribution < -0.4 is 5.56 Å². The lowest BCUT2D eigenvalue weighted by Crippen LogP contribution is -2.32. The molecule has 0 saturated carbocycles. The van der Waals surface area contributed by atoms with Crippen LogP contribution in [-0.4, -0.2) is 37.1 Å². The van der Waals surface area contributed by atoms with Gasteiger partial charge in [0.05, 0.1) is 11.6 Å². The molecule has 180 valence electrons. The number of hydrogen-bond acceptors (Lipinski definition) is 7. The van der Waals surface area contributed by atoms with Gasteiger partial charge < -0.3 is 13.9 Å². The number of carbonyl (C=O) groups is 1. The Bertz CT molecular complexity index is 1410. The molecule has 1 aromatic carbocycles. The van der Waals surface area contributed by atoms with E-state index in [9.17, 15) is 9.59 Å². The van der Waals surface area contributed by atoms with Gasteiger partial charge in [0.25, 0.3) is 17.4 Å². The Morgan fingerprint density at radius 1 is 1.26 bits per heavy atom. The van der Waals surface area contributed by atoms with Gasteiger partial charge in [0.1, 0.15) is 10.6 Å².